The van der Waals surface area contributed by atoms with Crippen molar-refractivity contribution in [2.24, 2.45) is 10.9 Å². The third-order valence-electron chi connectivity index (χ3n) is 0.672. The number of rotatable bonds is 4. The van der Waals surface area contributed by atoms with Gasteiger partial charge >= 0.3 is 0 Å². The second-order valence-electron chi connectivity index (χ2n) is 2.14. The van der Waals surface area contributed by atoms with Gasteiger partial charge in [0.2, 0.25) is 6.08 Å². The minimum atomic E-state index is 0.141. The molecule has 0 aromatic heterocycles. The van der Waals surface area contributed by atoms with Crippen molar-refractivity contribution in [3.8, 4) is 0 Å². The number of carbonyl (C=O) groups excluding carboxylic acids is 1. The maximum absolute atomic E-state index is 9.48. The van der Waals surface area contributed by atoms with Gasteiger partial charge in [0.05, 0.1) is 6.61 Å². The Morgan fingerprint density at radius 2 is 2.33 bits per heavy atom. The van der Waals surface area contributed by atoms with Crippen LogP contribution in [0.15, 0.2) is 4.99 Å². The Bertz CT molecular complexity index is 106. The molecule has 0 heterocycles. The van der Waals surface area contributed by atoms with E-state index in [0.29, 0.717) is 12.5 Å². The van der Waals surface area contributed by atoms with E-state index in [4.69, 9.17) is 4.74 Å². The Morgan fingerprint density at radius 1 is 1.67 bits per heavy atom. The maximum Gasteiger partial charge on any atom is 0.237 e. The molecule has 0 radical (unpaired) electrons. The zero-order valence-electron chi connectivity index (χ0n) is 5.76. The molecule has 0 aliphatic rings. The van der Waals surface area contributed by atoms with Crippen molar-refractivity contribution in [2.75, 3.05) is 13.3 Å². The number of isocyanates is 1. The first-order chi connectivity index (χ1) is 4.27. The third-order valence-corrected chi connectivity index (χ3v) is 0.672. The molecule has 3 heteroatoms. The molecule has 0 saturated heterocycles. The Balaban J connectivity index is 3.00. The molecule has 0 saturated carbocycles. The molecular formula is C6H11NO2. The minimum absolute atomic E-state index is 0.141. The van der Waals surface area contributed by atoms with E-state index in [-0.39, 0.29) is 6.73 Å². The van der Waals surface area contributed by atoms with E-state index < -0.39 is 0 Å². The van der Waals surface area contributed by atoms with Crippen LogP contribution in [0, 0.1) is 5.92 Å². The molecule has 0 atom stereocenters. The first-order valence-corrected chi connectivity index (χ1v) is 2.88. The second-order valence-corrected chi connectivity index (χ2v) is 2.14. The van der Waals surface area contributed by atoms with Crippen LogP contribution < -0.4 is 0 Å². The van der Waals surface area contributed by atoms with Crippen LogP contribution in [0.3, 0.4) is 0 Å². The molecule has 0 fully saturated rings. The highest BCUT2D eigenvalue weighted by atomic mass is 16.5. The smallest absolute Gasteiger partial charge is 0.237 e. The molecule has 0 aliphatic carbocycles. The Kier molecular flexibility index (Phi) is 5.07. The fraction of sp³-hybridized carbons (Fsp3) is 0.833. The van der Waals surface area contributed by atoms with Gasteiger partial charge in [0.15, 0.2) is 0 Å². The predicted octanol–water partition coefficient (Wildman–Crippen LogP) is 0.952. The van der Waals surface area contributed by atoms with Gasteiger partial charge in [-0.05, 0) is 5.92 Å². The summed E-state index contributed by atoms with van der Waals surface area (Å²) in [4.78, 5) is 12.7. The van der Waals surface area contributed by atoms with Gasteiger partial charge in [-0.15, -0.1) is 0 Å². The predicted molar refractivity (Wildman–Crippen MR) is 33.8 cm³/mol. The number of ether oxygens (including phenoxy) is 1. The van der Waals surface area contributed by atoms with Crippen LogP contribution >= 0.6 is 0 Å². The van der Waals surface area contributed by atoms with Gasteiger partial charge in [-0.3, -0.25) is 0 Å². The standard InChI is InChI=1S/C6H11NO2/c1-6(2)3-9-5-7-4-8/h6H,3,5H2,1-2H3. The lowest BCUT2D eigenvalue weighted by Gasteiger charge is -2.01. The van der Waals surface area contributed by atoms with Crippen molar-refractivity contribution in [3.05, 3.63) is 0 Å². The molecule has 0 aromatic carbocycles. The van der Waals surface area contributed by atoms with Crippen molar-refractivity contribution >= 4 is 6.08 Å². The van der Waals surface area contributed by atoms with E-state index in [0.717, 1.165) is 0 Å². The largest absolute Gasteiger partial charge is 0.358 e. The summed E-state index contributed by atoms with van der Waals surface area (Å²) in [6.07, 6.45) is 1.39. The highest BCUT2D eigenvalue weighted by molar-refractivity contribution is 5.32. The number of nitrogens with zero attached hydrogens (tertiary/aromatic N) is 1. The number of aliphatic imine (C=N–C) groups is 1. The number of hydrogen-bond donors (Lipinski definition) is 0. The molecule has 3 nitrogen and oxygen atoms in total. The average Bonchev–Trinajstić information content (AvgIpc) is 1.80. The SMILES string of the molecule is CC(C)COCN=C=O. The topological polar surface area (TPSA) is 38.7 Å². The molecule has 0 spiro atoms. The van der Waals surface area contributed by atoms with E-state index in [9.17, 15) is 4.79 Å². The van der Waals surface area contributed by atoms with E-state index in [1.54, 1.807) is 0 Å². The summed E-state index contributed by atoms with van der Waals surface area (Å²) in [5.74, 6) is 0.492. The summed E-state index contributed by atoms with van der Waals surface area (Å²) in [6, 6.07) is 0. The maximum atomic E-state index is 9.48. The first-order valence-electron chi connectivity index (χ1n) is 2.88. The highest BCUT2D eigenvalue weighted by Crippen LogP contribution is 1.90. The van der Waals surface area contributed by atoms with Crippen LogP contribution in [0.4, 0.5) is 0 Å². The van der Waals surface area contributed by atoms with Gasteiger partial charge in [0.25, 0.3) is 0 Å². The molecule has 9 heavy (non-hydrogen) atoms. The first kappa shape index (κ1) is 8.34. The Morgan fingerprint density at radius 3 is 2.78 bits per heavy atom. The summed E-state index contributed by atoms with van der Waals surface area (Å²) in [6.45, 7) is 4.85. The summed E-state index contributed by atoms with van der Waals surface area (Å²) in [5, 5.41) is 0. The average molecular weight is 129 g/mol. The molecule has 0 aromatic rings. The Labute approximate surface area is 54.7 Å². The molecule has 0 N–H and O–H groups in total. The van der Waals surface area contributed by atoms with Crippen molar-refractivity contribution in [3.63, 3.8) is 0 Å². The van der Waals surface area contributed by atoms with E-state index in [2.05, 4.69) is 4.99 Å². The third kappa shape index (κ3) is 7.34. The summed E-state index contributed by atoms with van der Waals surface area (Å²) < 4.78 is 4.91. The normalized spacial score (nSPS) is 9.22. The van der Waals surface area contributed by atoms with Crippen molar-refractivity contribution < 1.29 is 9.53 Å². The second kappa shape index (κ2) is 5.48. The molecular weight excluding hydrogens is 118 g/mol. The highest BCUT2D eigenvalue weighted by Gasteiger charge is 1.90. The molecule has 0 unspecified atom stereocenters. The van der Waals surface area contributed by atoms with Crippen LogP contribution in [0.1, 0.15) is 13.8 Å². The van der Waals surface area contributed by atoms with Gasteiger partial charge in [-0.25, -0.2) is 4.79 Å². The van der Waals surface area contributed by atoms with E-state index in [1.165, 1.54) is 6.08 Å². The van der Waals surface area contributed by atoms with Gasteiger partial charge < -0.3 is 4.74 Å². The summed E-state index contributed by atoms with van der Waals surface area (Å²) in [7, 11) is 0. The zero-order valence-corrected chi connectivity index (χ0v) is 5.76. The van der Waals surface area contributed by atoms with Crippen LogP contribution in [0.5, 0.6) is 0 Å². The summed E-state index contributed by atoms with van der Waals surface area (Å²) in [5.41, 5.74) is 0. The molecule has 0 amide bonds. The van der Waals surface area contributed by atoms with Gasteiger partial charge in [-0.2, -0.15) is 4.99 Å². The lowest BCUT2D eigenvalue weighted by Crippen LogP contribution is -2.01. The molecule has 0 bridgehead atoms. The lowest BCUT2D eigenvalue weighted by atomic mass is 10.2. The molecule has 52 valence electrons. The van der Waals surface area contributed by atoms with Gasteiger partial charge in [0.1, 0.15) is 6.73 Å². The molecule has 0 rings (SSSR count). The fourth-order valence-electron chi connectivity index (χ4n) is 0.360. The van der Waals surface area contributed by atoms with Gasteiger partial charge in [-0.1, -0.05) is 13.8 Å². The molecule has 0 aliphatic heterocycles. The minimum Gasteiger partial charge on any atom is -0.358 e. The monoisotopic (exact) mass is 129 g/mol. The van der Waals surface area contributed by atoms with Crippen molar-refractivity contribution in [1.82, 2.24) is 0 Å². The lowest BCUT2D eigenvalue weighted by molar-refractivity contribution is 0.117. The van der Waals surface area contributed by atoms with Crippen molar-refractivity contribution in [1.29, 1.82) is 0 Å². The van der Waals surface area contributed by atoms with Crippen LogP contribution in [0.2, 0.25) is 0 Å². The summed E-state index contributed by atoms with van der Waals surface area (Å²) >= 11 is 0. The van der Waals surface area contributed by atoms with Gasteiger partial charge in [0, 0.05) is 0 Å². The van der Waals surface area contributed by atoms with E-state index in [1.807, 2.05) is 13.8 Å². The van der Waals surface area contributed by atoms with Crippen LogP contribution in [0.25, 0.3) is 0 Å². The van der Waals surface area contributed by atoms with E-state index >= 15 is 0 Å². The quantitative estimate of drug-likeness (QED) is 0.322. The fourth-order valence-corrected chi connectivity index (χ4v) is 0.360. The van der Waals surface area contributed by atoms with Crippen molar-refractivity contribution in [2.45, 2.75) is 13.8 Å². The number of hydrogen-bond acceptors (Lipinski definition) is 3. The van der Waals surface area contributed by atoms with Crippen LogP contribution in [-0.2, 0) is 9.53 Å². The Hall–Kier alpha value is -0.660. The zero-order chi connectivity index (χ0) is 7.11. The van der Waals surface area contributed by atoms with Crippen LogP contribution in [-0.4, -0.2) is 19.4 Å².